The van der Waals surface area contributed by atoms with Crippen LogP contribution in [0.15, 0.2) is 12.1 Å². The van der Waals surface area contributed by atoms with Crippen LogP contribution in [0.25, 0.3) is 0 Å². The zero-order chi connectivity index (χ0) is 15.6. The maximum atomic E-state index is 3.44. The van der Waals surface area contributed by atoms with E-state index in [0.29, 0.717) is 0 Å². The number of benzene rings is 1. The maximum absolute atomic E-state index is 3.44. The normalized spacial score (nSPS) is 11.2. The SMILES string of the molecule is Cc1cc(C#C[Si](C)(C)C)c(C)cc1C#C[Si](C)(C)C. The third-order valence-electron chi connectivity index (χ3n) is 2.72. The molecule has 106 valence electrons. The highest BCUT2D eigenvalue weighted by atomic mass is 28.3. The predicted octanol–water partition coefficient (Wildman–Crippen LogP) is 4.76. The van der Waals surface area contributed by atoms with Crippen LogP contribution >= 0.6 is 0 Å². The molecule has 0 aliphatic carbocycles. The van der Waals surface area contributed by atoms with Gasteiger partial charge in [0.1, 0.15) is 16.1 Å². The molecule has 0 aliphatic rings. The summed E-state index contributed by atoms with van der Waals surface area (Å²) >= 11 is 0. The number of hydrogen-bond donors (Lipinski definition) is 0. The van der Waals surface area contributed by atoms with Crippen molar-refractivity contribution >= 4 is 16.1 Å². The summed E-state index contributed by atoms with van der Waals surface area (Å²) in [6, 6.07) is 4.38. The summed E-state index contributed by atoms with van der Waals surface area (Å²) in [5.41, 5.74) is 11.7. The van der Waals surface area contributed by atoms with Gasteiger partial charge in [-0.1, -0.05) is 51.1 Å². The molecule has 0 unspecified atom stereocenters. The van der Waals surface area contributed by atoms with Gasteiger partial charge in [-0.25, -0.2) is 0 Å². The molecule has 0 fully saturated rings. The molecule has 0 bridgehead atoms. The van der Waals surface area contributed by atoms with Crippen molar-refractivity contribution in [3.63, 3.8) is 0 Å². The van der Waals surface area contributed by atoms with Crippen molar-refractivity contribution in [3.05, 3.63) is 34.4 Å². The van der Waals surface area contributed by atoms with Crippen molar-refractivity contribution in [2.75, 3.05) is 0 Å². The van der Waals surface area contributed by atoms with Crippen LogP contribution in [0.4, 0.5) is 0 Å². The minimum Gasteiger partial charge on any atom is -0.127 e. The predicted molar refractivity (Wildman–Crippen MR) is 96.4 cm³/mol. The average Bonchev–Trinajstić information content (AvgIpc) is 2.25. The fraction of sp³-hybridized carbons (Fsp3) is 0.444. The highest BCUT2D eigenvalue weighted by Crippen LogP contribution is 2.15. The maximum Gasteiger partial charge on any atom is 0.129 e. The van der Waals surface area contributed by atoms with E-state index in [0.717, 1.165) is 11.1 Å². The average molecular weight is 299 g/mol. The Hall–Kier alpha value is -1.23. The van der Waals surface area contributed by atoms with E-state index in [1.165, 1.54) is 11.1 Å². The van der Waals surface area contributed by atoms with Crippen molar-refractivity contribution in [1.29, 1.82) is 0 Å². The lowest BCUT2D eigenvalue weighted by Crippen LogP contribution is -2.16. The van der Waals surface area contributed by atoms with E-state index in [-0.39, 0.29) is 0 Å². The second-order valence-electron chi connectivity index (χ2n) is 7.48. The summed E-state index contributed by atoms with van der Waals surface area (Å²) in [5, 5.41) is 0. The number of hydrogen-bond acceptors (Lipinski definition) is 0. The van der Waals surface area contributed by atoms with Gasteiger partial charge in [0.05, 0.1) is 0 Å². The minimum absolute atomic E-state index is 1.16. The molecule has 0 saturated carbocycles. The molecule has 1 aromatic rings. The summed E-state index contributed by atoms with van der Waals surface area (Å²) in [6.07, 6.45) is 0. The molecule has 0 spiro atoms. The van der Waals surface area contributed by atoms with Gasteiger partial charge in [-0.2, -0.15) is 0 Å². The molecule has 0 heterocycles. The second kappa shape index (κ2) is 6.04. The standard InChI is InChI=1S/C18H26Si2/c1-15-13-18(10-12-20(6,7)8)16(2)14-17(15)9-11-19(3,4)5/h13-14H,1-8H3. The molecule has 0 aromatic heterocycles. The highest BCUT2D eigenvalue weighted by Gasteiger charge is 2.09. The lowest BCUT2D eigenvalue weighted by Gasteiger charge is -2.08. The van der Waals surface area contributed by atoms with Gasteiger partial charge in [0, 0.05) is 11.1 Å². The van der Waals surface area contributed by atoms with E-state index >= 15 is 0 Å². The van der Waals surface area contributed by atoms with Crippen molar-refractivity contribution in [3.8, 4) is 22.9 Å². The minimum atomic E-state index is -1.32. The van der Waals surface area contributed by atoms with Gasteiger partial charge < -0.3 is 0 Å². The molecule has 2 heteroatoms. The summed E-state index contributed by atoms with van der Waals surface area (Å²) in [4.78, 5) is 0. The van der Waals surface area contributed by atoms with Crippen LogP contribution in [-0.4, -0.2) is 16.1 Å². The van der Waals surface area contributed by atoms with Gasteiger partial charge in [-0.05, 0) is 37.1 Å². The Morgan fingerprint density at radius 3 is 1.20 bits per heavy atom. The Labute approximate surface area is 127 Å². The fourth-order valence-electron chi connectivity index (χ4n) is 1.60. The van der Waals surface area contributed by atoms with E-state index in [4.69, 9.17) is 0 Å². The van der Waals surface area contributed by atoms with Crippen LogP contribution in [-0.2, 0) is 0 Å². The van der Waals surface area contributed by atoms with E-state index in [1.54, 1.807) is 0 Å². The quantitative estimate of drug-likeness (QED) is 0.478. The molecule has 1 rings (SSSR count). The van der Waals surface area contributed by atoms with Crippen LogP contribution in [0.1, 0.15) is 22.3 Å². The van der Waals surface area contributed by atoms with Crippen molar-refractivity contribution in [2.45, 2.75) is 53.1 Å². The summed E-state index contributed by atoms with van der Waals surface area (Å²) in [5.74, 6) is 6.73. The van der Waals surface area contributed by atoms with Crippen molar-refractivity contribution in [2.24, 2.45) is 0 Å². The molecular formula is C18H26Si2. The van der Waals surface area contributed by atoms with Crippen LogP contribution < -0.4 is 0 Å². The molecule has 0 atom stereocenters. The van der Waals surface area contributed by atoms with Crippen molar-refractivity contribution < 1.29 is 0 Å². The molecule has 0 amide bonds. The molecule has 0 saturated heterocycles. The molecule has 20 heavy (non-hydrogen) atoms. The Kier molecular flexibility index (Phi) is 5.08. The zero-order valence-corrected chi connectivity index (χ0v) is 16.2. The van der Waals surface area contributed by atoms with Gasteiger partial charge >= 0.3 is 0 Å². The lowest BCUT2D eigenvalue weighted by molar-refractivity contribution is 1.35. The molecule has 1 aromatic carbocycles. The van der Waals surface area contributed by atoms with E-state index in [2.05, 4.69) is 88.2 Å². The topological polar surface area (TPSA) is 0 Å². The zero-order valence-electron chi connectivity index (χ0n) is 14.2. The van der Waals surface area contributed by atoms with Crippen LogP contribution in [0.5, 0.6) is 0 Å². The van der Waals surface area contributed by atoms with Gasteiger partial charge in [0.15, 0.2) is 0 Å². The Balaban J connectivity index is 3.21. The molecule has 0 nitrogen and oxygen atoms in total. The van der Waals surface area contributed by atoms with Gasteiger partial charge in [-0.3, -0.25) is 0 Å². The summed E-state index contributed by atoms with van der Waals surface area (Å²) in [6.45, 7) is 17.9. The first-order valence-electron chi connectivity index (χ1n) is 7.15. The first-order chi connectivity index (χ1) is 8.98. The second-order valence-corrected chi connectivity index (χ2v) is 17.0. The summed E-state index contributed by atoms with van der Waals surface area (Å²) < 4.78 is 0. The monoisotopic (exact) mass is 298 g/mol. The molecular weight excluding hydrogens is 272 g/mol. The van der Waals surface area contributed by atoms with Gasteiger partial charge in [0.2, 0.25) is 0 Å². The number of rotatable bonds is 0. The first kappa shape index (κ1) is 16.8. The van der Waals surface area contributed by atoms with Crippen LogP contribution in [0, 0.1) is 36.8 Å². The third-order valence-corrected chi connectivity index (χ3v) is 4.47. The van der Waals surface area contributed by atoms with Crippen LogP contribution in [0.3, 0.4) is 0 Å². The molecule has 0 N–H and O–H groups in total. The van der Waals surface area contributed by atoms with Gasteiger partial charge in [-0.15, -0.1) is 11.1 Å². The smallest absolute Gasteiger partial charge is 0.127 e. The van der Waals surface area contributed by atoms with E-state index in [9.17, 15) is 0 Å². The van der Waals surface area contributed by atoms with Crippen molar-refractivity contribution in [1.82, 2.24) is 0 Å². The van der Waals surface area contributed by atoms with Gasteiger partial charge in [0.25, 0.3) is 0 Å². The highest BCUT2D eigenvalue weighted by molar-refractivity contribution is 6.84. The Bertz CT molecular complexity index is 560. The van der Waals surface area contributed by atoms with E-state index < -0.39 is 16.1 Å². The lowest BCUT2D eigenvalue weighted by atomic mass is 10.0. The third kappa shape index (κ3) is 5.82. The first-order valence-corrected chi connectivity index (χ1v) is 14.2. The Morgan fingerprint density at radius 1 is 0.650 bits per heavy atom. The molecule has 0 aliphatic heterocycles. The largest absolute Gasteiger partial charge is 0.129 e. The number of aryl methyl sites for hydroxylation is 2. The summed E-state index contributed by atoms with van der Waals surface area (Å²) in [7, 11) is -2.63. The Morgan fingerprint density at radius 2 is 0.950 bits per heavy atom. The van der Waals surface area contributed by atoms with Crippen LogP contribution in [0.2, 0.25) is 39.3 Å². The fourth-order valence-corrected chi connectivity index (χ4v) is 2.61. The van der Waals surface area contributed by atoms with E-state index in [1.807, 2.05) is 0 Å². The molecule has 0 radical (unpaired) electrons.